The molecular formula is C16H15FN2O2. The van der Waals surface area contributed by atoms with Crippen LogP contribution in [0.2, 0.25) is 0 Å². The van der Waals surface area contributed by atoms with Crippen LogP contribution < -0.4 is 10.6 Å². The first-order chi connectivity index (χ1) is 10.2. The van der Waals surface area contributed by atoms with Crippen molar-refractivity contribution >= 4 is 17.3 Å². The van der Waals surface area contributed by atoms with Crippen LogP contribution in [0.3, 0.4) is 0 Å². The Kier molecular flexibility index (Phi) is 3.48. The highest BCUT2D eigenvalue weighted by molar-refractivity contribution is 6.07. The molecule has 4 nitrogen and oxygen atoms in total. The van der Waals surface area contributed by atoms with Gasteiger partial charge in [-0.2, -0.15) is 0 Å². The number of carbonyl (C=O) groups is 1. The monoisotopic (exact) mass is 286 g/mol. The molecule has 5 heteroatoms. The van der Waals surface area contributed by atoms with Crippen LogP contribution >= 0.6 is 0 Å². The molecule has 0 bridgehead atoms. The summed E-state index contributed by atoms with van der Waals surface area (Å²) in [6.07, 6.45) is 1.83. The molecule has 0 radical (unpaired) electrons. The van der Waals surface area contributed by atoms with Crippen LogP contribution in [0, 0.1) is 5.82 Å². The van der Waals surface area contributed by atoms with E-state index < -0.39 is 11.7 Å². The molecule has 0 unspecified atom stereocenters. The molecule has 1 aliphatic rings. The molecule has 1 heterocycles. The molecule has 3 rings (SSSR count). The smallest absolute Gasteiger partial charge is 0.262 e. The van der Waals surface area contributed by atoms with Crippen LogP contribution in [-0.2, 0) is 6.42 Å². The molecule has 0 spiro atoms. The highest BCUT2D eigenvalue weighted by Crippen LogP contribution is 2.30. The molecule has 3 N–H and O–H groups in total. The second-order valence-corrected chi connectivity index (χ2v) is 4.95. The molecule has 1 amide bonds. The second-order valence-electron chi connectivity index (χ2n) is 4.95. The Morgan fingerprint density at radius 2 is 2.05 bits per heavy atom. The first kappa shape index (κ1) is 13.4. The van der Waals surface area contributed by atoms with Gasteiger partial charge in [-0.15, -0.1) is 0 Å². The quantitative estimate of drug-likeness (QED) is 0.794. The normalized spacial score (nSPS) is 13.2. The first-order valence-corrected chi connectivity index (χ1v) is 6.81. The number of nitrogens with one attached hydrogen (secondary N) is 2. The summed E-state index contributed by atoms with van der Waals surface area (Å²) < 4.78 is 13.7. The third kappa shape index (κ3) is 2.54. The topological polar surface area (TPSA) is 61.4 Å². The maximum atomic E-state index is 13.7. The van der Waals surface area contributed by atoms with Crippen LogP contribution in [0.4, 0.5) is 15.8 Å². The van der Waals surface area contributed by atoms with Crippen molar-refractivity contribution in [1.82, 2.24) is 0 Å². The van der Waals surface area contributed by atoms with Gasteiger partial charge in [0.05, 0.1) is 0 Å². The van der Waals surface area contributed by atoms with Gasteiger partial charge in [-0.3, -0.25) is 4.79 Å². The van der Waals surface area contributed by atoms with Crippen LogP contribution in [0.15, 0.2) is 36.4 Å². The van der Waals surface area contributed by atoms with Crippen molar-refractivity contribution in [2.24, 2.45) is 0 Å². The van der Waals surface area contributed by atoms with E-state index >= 15 is 0 Å². The molecule has 0 atom stereocenters. The number of aromatic hydroxyl groups is 1. The van der Waals surface area contributed by atoms with E-state index in [1.807, 2.05) is 12.1 Å². The minimum Gasteiger partial charge on any atom is -0.507 e. The number of amides is 1. The van der Waals surface area contributed by atoms with Gasteiger partial charge in [0.1, 0.15) is 17.1 Å². The molecule has 108 valence electrons. The Morgan fingerprint density at radius 1 is 1.24 bits per heavy atom. The fraction of sp³-hybridized carbons (Fsp3) is 0.188. The van der Waals surface area contributed by atoms with E-state index in [0.29, 0.717) is 5.69 Å². The van der Waals surface area contributed by atoms with Crippen molar-refractivity contribution in [3.05, 3.63) is 53.3 Å². The molecule has 21 heavy (non-hydrogen) atoms. The van der Waals surface area contributed by atoms with Gasteiger partial charge in [0.15, 0.2) is 0 Å². The molecule has 0 saturated carbocycles. The molecule has 0 aromatic heterocycles. The Bertz CT molecular complexity index is 680. The number of fused-ring (bicyclic) bond motifs is 1. The molecular weight excluding hydrogens is 271 g/mol. The van der Waals surface area contributed by atoms with Crippen molar-refractivity contribution in [3.63, 3.8) is 0 Å². The number of hydrogen-bond donors (Lipinski definition) is 3. The van der Waals surface area contributed by atoms with Crippen LogP contribution in [0.1, 0.15) is 22.3 Å². The lowest BCUT2D eigenvalue weighted by atomic mass is 10.0. The van der Waals surface area contributed by atoms with Crippen molar-refractivity contribution in [2.75, 3.05) is 17.2 Å². The van der Waals surface area contributed by atoms with Crippen LogP contribution in [0.25, 0.3) is 0 Å². The van der Waals surface area contributed by atoms with E-state index in [9.17, 15) is 14.3 Å². The molecule has 0 saturated heterocycles. The summed E-state index contributed by atoms with van der Waals surface area (Å²) in [5, 5.41) is 15.6. The fourth-order valence-electron chi connectivity index (χ4n) is 2.55. The molecule has 0 fully saturated rings. The number of anilines is 2. The van der Waals surface area contributed by atoms with Gasteiger partial charge >= 0.3 is 0 Å². The largest absolute Gasteiger partial charge is 0.507 e. The minimum atomic E-state index is -0.740. The van der Waals surface area contributed by atoms with Crippen molar-refractivity contribution in [2.45, 2.75) is 12.8 Å². The van der Waals surface area contributed by atoms with Gasteiger partial charge in [0, 0.05) is 17.9 Å². The molecule has 1 aliphatic heterocycles. The predicted octanol–water partition coefficient (Wildman–Crippen LogP) is 3.14. The summed E-state index contributed by atoms with van der Waals surface area (Å²) in [6.45, 7) is 0.901. The Labute approximate surface area is 121 Å². The summed E-state index contributed by atoms with van der Waals surface area (Å²) in [5.41, 5.74) is 2.30. The zero-order valence-electron chi connectivity index (χ0n) is 11.3. The van der Waals surface area contributed by atoms with E-state index in [4.69, 9.17) is 0 Å². The van der Waals surface area contributed by atoms with Gasteiger partial charge in [0.25, 0.3) is 5.91 Å². The number of rotatable bonds is 2. The highest BCUT2D eigenvalue weighted by atomic mass is 19.1. The number of phenols is 1. The average molecular weight is 286 g/mol. The van der Waals surface area contributed by atoms with Crippen LogP contribution in [-0.4, -0.2) is 17.6 Å². The van der Waals surface area contributed by atoms with Gasteiger partial charge in [-0.1, -0.05) is 12.1 Å². The predicted molar refractivity (Wildman–Crippen MR) is 79.3 cm³/mol. The lowest BCUT2D eigenvalue weighted by Gasteiger charge is -2.21. The van der Waals surface area contributed by atoms with Crippen molar-refractivity contribution < 1.29 is 14.3 Å². The summed E-state index contributed by atoms with van der Waals surface area (Å²) in [5.74, 6) is -1.75. The highest BCUT2D eigenvalue weighted by Gasteiger charge is 2.19. The maximum Gasteiger partial charge on any atom is 0.262 e. The number of benzene rings is 2. The summed E-state index contributed by atoms with van der Waals surface area (Å²) >= 11 is 0. The van der Waals surface area contributed by atoms with Crippen LogP contribution in [0.5, 0.6) is 5.75 Å². The number of halogens is 1. The Morgan fingerprint density at radius 3 is 2.86 bits per heavy atom. The van der Waals surface area contributed by atoms with Crippen molar-refractivity contribution in [3.8, 4) is 5.75 Å². The number of hydrogen-bond acceptors (Lipinski definition) is 3. The van der Waals surface area contributed by atoms with E-state index in [0.717, 1.165) is 36.7 Å². The zero-order chi connectivity index (χ0) is 14.8. The standard InChI is InChI=1S/C16H15FN2O2/c17-11-5-1-8-14(20)15(11)16(21)19-13-7-2-6-12-10(13)4-3-9-18-12/h1-2,5-8,18,20H,3-4,9H2,(H,19,21). The summed E-state index contributed by atoms with van der Waals surface area (Å²) in [4.78, 5) is 12.2. The number of carbonyl (C=O) groups excluding carboxylic acids is 1. The van der Waals surface area contributed by atoms with Gasteiger partial charge in [0.2, 0.25) is 0 Å². The fourth-order valence-corrected chi connectivity index (χ4v) is 2.55. The second kappa shape index (κ2) is 5.44. The summed E-state index contributed by atoms with van der Waals surface area (Å²) in [6, 6.07) is 9.35. The van der Waals surface area contributed by atoms with Gasteiger partial charge in [-0.05, 0) is 42.7 Å². The Hall–Kier alpha value is -2.56. The van der Waals surface area contributed by atoms with Crippen molar-refractivity contribution in [1.29, 1.82) is 0 Å². The third-order valence-electron chi connectivity index (χ3n) is 3.56. The van der Waals surface area contributed by atoms with E-state index in [1.54, 1.807) is 6.07 Å². The first-order valence-electron chi connectivity index (χ1n) is 6.81. The number of phenolic OH excluding ortho intramolecular Hbond substituents is 1. The SMILES string of the molecule is O=C(Nc1cccc2c1CCCN2)c1c(O)cccc1F. The third-order valence-corrected chi connectivity index (χ3v) is 3.56. The minimum absolute atomic E-state index is 0.334. The molecule has 2 aromatic rings. The lowest BCUT2D eigenvalue weighted by Crippen LogP contribution is -2.18. The van der Waals surface area contributed by atoms with Gasteiger partial charge < -0.3 is 15.7 Å². The van der Waals surface area contributed by atoms with E-state index in [2.05, 4.69) is 10.6 Å². The average Bonchev–Trinajstić information content (AvgIpc) is 2.47. The zero-order valence-corrected chi connectivity index (χ0v) is 11.3. The molecule has 2 aromatic carbocycles. The summed E-state index contributed by atoms with van der Waals surface area (Å²) in [7, 11) is 0. The van der Waals surface area contributed by atoms with Gasteiger partial charge in [-0.25, -0.2) is 4.39 Å². The van der Waals surface area contributed by atoms with E-state index in [-0.39, 0.29) is 11.3 Å². The molecule has 0 aliphatic carbocycles. The van der Waals surface area contributed by atoms with E-state index in [1.165, 1.54) is 12.1 Å². The Balaban J connectivity index is 1.92. The maximum absolute atomic E-state index is 13.7. The lowest BCUT2D eigenvalue weighted by molar-refractivity contribution is 0.102.